The first-order valence-electron chi connectivity index (χ1n) is 11.5. The fraction of sp³-hybridized carbons (Fsp3) is 0.308. The molecule has 0 spiro atoms. The minimum atomic E-state index is -0.130. The van der Waals surface area contributed by atoms with Gasteiger partial charge in [-0.05, 0) is 55.3 Å². The molecule has 1 saturated heterocycles. The molecule has 0 radical (unpaired) electrons. The van der Waals surface area contributed by atoms with Crippen LogP contribution in [0.25, 0.3) is 0 Å². The number of hydrogen-bond donors (Lipinski definition) is 3. The van der Waals surface area contributed by atoms with Gasteiger partial charge < -0.3 is 25.3 Å². The first-order valence-corrected chi connectivity index (χ1v) is 11.5. The highest BCUT2D eigenvalue weighted by Crippen LogP contribution is 2.19. The quantitative estimate of drug-likeness (QED) is 0.214. The zero-order valence-electron chi connectivity index (χ0n) is 19.4. The van der Waals surface area contributed by atoms with Crippen LogP contribution in [0, 0.1) is 0 Å². The van der Waals surface area contributed by atoms with E-state index in [1.165, 1.54) is 5.69 Å². The molecule has 34 heavy (non-hydrogen) atoms. The van der Waals surface area contributed by atoms with E-state index in [0.29, 0.717) is 24.7 Å². The van der Waals surface area contributed by atoms with Gasteiger partial charge in [0.2, 0.25) is 0 Å². The average Bonchev–Trinajstić information content (AvgIpc) is 3.54. The van der Waals surface area contributed by atoms with Crippen molar-refractivity contribution in [2.45, 2.75) is 32.5 Å². The van der Waals surface area contributed by atoms with Crippen LogP contribution in [0.3, 0.4) is 0 Å². The highest BCUT2D eigenvalue weighted by molar-refractivity contribution is 14.0. The van der Waals surface area contributed by atoms with Crippen molar-refractivity contribution in [3.63, 3.8) is 0 Å². The fourth-order valence-electron chi connectivity index (χ4n) is 3.93. The molecule has 4 rings (SSSR count). The van der Waals surface area contributed by atoms with Crippen molar-refractivity contribution in [2.75, 3.05) is 24.5 Å². The smallest absolute Gasteiger partial charge is 0.251 e. The second-order valence-electron chi connectivity index (χ2n) is 8.07. The number of nitrogens with one attached hydrogen (secondary N) is 3. The number of carbonyl (C=O) groups is 1. The average molecular weight is 573 g/mol. The van der Waals surface area contributed by atoms with Crippen LogP contribution in [-0.2, 0) is 13.1 Å². The number of rotatable bonds is 8. The maximum Gasteiger partial charge on any atom is 0.251 e. The Morgan fingerprint density at radius 2 is 1.94 bits per heavy atom. The molecule has 3 N–H and O–H groups in total. The Morgan fingerprint density at radius 1 is 1.09 bits per heavy atom. The summed E-state index contributed by atoms with van der Waals surface area (Å²) in [6.45, 7) is 5.67. The number of para-hydroxylation sites is 1. The first-order chi connectivity index (χ1) is 16.2. The third kappa shape index (κ3) is 7.24. The lowest BCUT2D eigenvalue weighted by Crippen LogP contribution is -2.44. The summed E-state index contributed by atoms with van der Waals surface area (Å²) >= 11 is 0. The number of anilines is 1. The predicted octanol–water partition coefficient (Wildman–Crippen LogP) is 4.16. The highest BCUT2D eigenvalue weighted by atomic mass is 127. The number of halogens is 1. The molecule has 1 unspecified atom stereocenters. The van der Waals surface area contributed by atoms with E-state index in [0.717, 1.165) is 43.3 Å². The Hall–Kier alpha value is -3.01. The lowest BCUT2D eigenvalue weighted by molar-refractivity contribution is 0.0948. The maximum atomic E-state index is 12.5. The first kappa shape index (κ1) is 25.6. The number of amides is 1. The summed E-state index contributed by atoms with van der Waals surface area (Å²) in [4.78, 5) is 19.6. The van der Waals surface area contributed by atoms with Crippen LogP contribution in [0.4, 0.5) is 5.69 Å². The molecule has 0 saturated carbocycles. The molecule has 2 aromatic carbocycles. The van der Waals surface area contributed by atoms with Gasteiger partial charge in [-0.1, -0.05) is 30.3 Å². The van der Waals surface area contributed by atoms with Gasteiger partial charge in [-0.15, -0.1) is 24.0 Å². The van der Waals surface area contributed by atoms with E-state index >= 15 is 0 Å². The van der Waals surface area contributed by atoms with Gasteiger partial charge in [-0.2, -0.15) is 0 Å². The molecular formula is C26H32IN5O2. The maximum absolute atomic E-state index is 12.5. The number of benzene rings is 2. The molecule has 1 amide bonds. The largest absolute Gasteiger partial charge is 0.467 e. The summed E-state index contributed by atoms with van der Waals surface area (Å²) in [5, 5.41) is 9.79. The molecule has 1 aliphatic heterocycles. The molecule has 1 aromatic heterocycles. The van der Waals surface area contributed by atoms with Crippen molar-refractivity contribution >= 4 is 41.5 Å². The molecular weight excluding hydrogens is 541 g/mol. The van der Waals surface area contributed by atoms with Crippen LogP contribution >= 0.6 is 24.0 Å². The van der Waals surface area contributed by atoms with E-state index in [2.05, 4.69) is 52.0 Å². The van der Waals surface area contributed by atoms with Gasteiger partial charge in [0.25, 0.3) is 5.91 Å². The van der Waals surface area contributed by atoms with Gasteiger partial charge in [0, 0.05) is 36.9 Å². The molecule has 3 aromatic rings. The van der Waals surface area contributed by atoms with Gasteiger partial charge in [0.15, 0.2) is 5.96 Å². The number of guanidine groups is 1. The lowest BCUT2D eigenvalue weighted by Gasteiger charge is -2.20. The van der Waals surface area contributed by atoms with Crippen LogP contribution < -0.4 is 20.9 Å². The standard InChI is InChI=1S/C26H31N5O2.HI/c1-2-27-26(30-22-13-14-31(19-22)23-10-4-3-5-11-23)29-17-20-8-6-9-21(16-20)25(32)28-18-24-12-7-15-33-24;/h3-12,15-16,22H,2,13-14,17-19H2,1H3,(H,28,32)(H2,27,29,30);1H. The van der Waals surface area contributed by atoms with Gasteiger partial charge in [0.05, 0.1) is 19.4 Å². The Labute approximate surface area is 218 Å². The topological polar surface area (TPSA) is 81.9 Å². The predicted molar refractivity (Wildman–Crippen MR) is 147 cm³/mol. The normalized spacial score (nSPS) is 15.5. The van der Waals surface area contributed by atoms with Crippen molar-refractivity contribution in [1.29, 1.82) is 0 Å². The zero-order valence-corrected chi connectivity index (χ0v) is 21.7. The number of nitrogens with zero attached hydrogens (tertiary/aromatic N) is 2. The Balaban J connectivity index is 0.00000324. The van der Waals surface area contributed by atoms with E-state index in [1.54, 1.807) is 12.3 Å². The van der Waals surface area contributed by atoms with Crippen molar-refractivity contribution in [1.82, 2.24) is 16.0 Å². The van der Waals surface area contributed by atoms with E-state index in [1.807, 2.05) is 36.4 Å². The second-order valence-corrected chi connectivity index (χ2v) is 8.07. The van der Waals surface area contributed by atoms with Crippen LogP contribution in [0.1, 0.15) is 35.0 Å². The van der Waals surface area contributed by atoms with Crippen LogP contribution in [0.15, 0.2) is 82.4 Å². The van der Waals surface area contributed by atoms with Crippen molar-refractivity contribution in [3.8, 4) is 0 Å². The van der Waals surface area contributed by atoms with Crippen molar-refractivity contribution in [2.24, 2.45) is 4.99 Å². The monoisotopic (exact) mass is 573 g/mol. The lowest BCUT2D eigenvalue weighted by atomic mass is 10.1. The number of aliphatic imine (C=N–C) groups is 1. The molecule has 7 nitrogen and oxygen atoms in total. The summed E-state index contributed by atoms with van der Waals surface area (Å²) in [6, 6.07) is 22.1. The highest BCUT2D eigenvalue weighted by Gasteiger charge is 2.23. The molecule has 1 fully saturated rings. The summed E-state index contributed by atoms with van der Waals surface area (Å²) in [7, 11) is 0. The molecule has 1 atom stereocenters. The van der Waals surface area contributed by atoms with Gasteiger partial charge >= 0.3 is 0 Å². The molecule has 8 heteroatoms. The van der Waals surface area contributed by atoms with Gasteiger partial charge in [-0.3, -0.25) is 4.79 Å². The van der Waals surface area contributed by atoms with Crippen LogP contribution in [0.2, 0.25) is 0 Å². The molecule has 180 valence electrons. The van der Waals surface area contributed by atoms with E-state index < -0.39 is 0 Å². The fourth-order valence-corrected chi connectivity index (χ4v) is 3.93. The number of hydrogen-bond acceptors (Lipinski definition) is 4. The minimum Gasteiger partial charge on any atom is -0.467 e. The molecule has 2 heterocycles. The third-order valence-corrected chi connectivity index (χ3v) is 5.61. The Morgan fingerprint density at radius 3 is 2.71 bits per heavy atom. The van der Waals surface area contributed by atoms with E-state index in [-0.39, 0.29) is 29.9 Å². The van der Waals surface area contributed by atoms with Gasteiger partial charge in [-0.25, -0.2) is 4.99 Å². The van der Waals surface area contributed by atoms with Crippen molar-refractivity contribution in [3.05, 3.63) is 89.9 Å². The summed E-state index contributed by atoms with van der Waals surface area (Å²) in [6.07, 6.45) is 2.66. The summed E-state index contributed by atoms with van der Waals surface area (Å²) < 4.78 is 5.27. The molecule has 0 bridgehead atoms. The Kier molecular flexibility index (Phi) is 9.81. The third-order valence-electron chi connectivity index (χ3n) is 5.61. The minimum absolute atomic E-state index is 0. The molecule has 0 aliphatic carbocycles. The summed E-state index contributed by atoms with van der Waals surface area (Å²) in [5.74, 6) is 1.39. The number of carbonyl (C=O) groups excluding carboxylic acids is 1. The second kappa shape index (κ2) is 13.0. The van der Waals surface area contributed by atoms with E-state index in [9.17, 15) is 4.79 Å². The van der Waals surface area contributed by atoms with Gasteiger partial charge in [0.1, 0.15) is 5.76 Å². The number of furan rings is 1. The van der Waals surface area contributed by atoms with Crippen molar-refractivity contribution < 1.29 is 9.21 Å². The molecule has 1 aliphatic rings. The Bertz CT molecular complexity index is 1060. The SMILES string of the molecule is CCNC(=NCc1cccc(C(=O)NCc2ccco2)c1)NC1CCN(c2ccccc2)C1.I. The van der Waals surface area contributed by atoms with E-state index in [4.69, 9.17) is 9.41 Å². The van der Waals surface area contributed by atoms with Crippen LogP contribution in [0.5, 0.6) is 0 Å². The zero-order chi connectivity index (χ0) is 22.9. The van der Waals surface area contributed by atoms with Crippen LogP contribution in [-0.4, -0.2) is 37.5 Å². The summed E-state index contributed by atoms with van der Waals surface area (Å²) in [5.41, 5.74) is 2.85.